The number of aryl methyl sites for hydroxylation is 3. The summed E-state index contributed by atoms with van der Waals surface area (Å²) in [5, 5.41) is 7.74. The highest BCUT2D eigenvalue weighted by Crippen LogP contribution is 2.24. The van der Waals surface area contributed by atoms with E-state index in [4.69, 9.17) is 0 Å². The van der Waals surface area contributed by atoms with Gasteiger partial charge in [0.25, 0.3) is 0 Å². The van der Waals surface area contributed by atoms with E-state index in [1.807, 2.05) is 41.8 Å². The maximum absolute atomic E-state index is 12.8. The summed E-state index contributed by atoms with van der Waals surface area (Å²) in [5.41, 5.74) is 4.33. The lowest BCUT2D eigenvalue weighted by Crippen LogP contribution is -2.43. The molecule has 26 heavy (non-hydrogen) atoms. The van der Waals surface area contributed by atoms with Crippen LogP contribution in [0.25, 0.3) is 0 Å². The van der Waals surface area contributed by atoms with Gasteiger partial charge < -0.3 is 10.2 Å². The molecular formula is C20H28N4OS. The summed E-state index contributed by atoms with van der Waals surface area (Å²) in [4.78, 5) is 14.8. The molecule has 1 aromatic carbocycles. The summed E-state index contributed by atoms with van der Waals surface area (Å²) in [6, 6.07) is 10.5. The normalized spacial score (nSPS) is 17.3. The fourth-order valence-electron chi connectivity index (χ4n) is 3.62. The number of anilines is 1. The van der Waals surface area contributed by atoms with Gasteiger partial charge in [0.05, 0.1) is 11.7 Å². The Balaban J connectivity index is 1.67. The van der Waals surface area contributed by atoms with Gasteiger partial charge in [0.15, 0.2) is 0 Å². The van der Waals surface area contributed by atoms with Gasteiger partial charge in [-0.05, 0) is 62.8 Å². The van der Waals surface area contributed by atoms with Crippen molar-refractivity contribution in [1.29, 1.82) is 0 Å². The highest BCUT2D eigenvalue weighted by Gasteiger charge is 2.26. The van der Waals surface area contributed by atoms with Crippen LogP contribution in [0.15, 0.2) is 30.3 Å². The van der Waals surface area contributed by atoms with E-state index in [-0.39, 0.29) is 12.1 Å². The topological polar surface area (TPSA) is 50.2 Å². The number of benzene rings is 1. The molecular weight excluding hydrogens is 344 g/mol. The number of para-hydroxylation sites is 1. The van der Waals surface area contributed by atoms with Gasteiger partial charge in [0.2, 0.25) is 0 Å². The molecule has 1 fully saturated rings. The van der Waals surface area contributed by atoms with Crippen LogP contribution in [0.3, 0.4) is 0 Å². The molecule has 2 amide bonds. The number of aromatic nitrogens is 2. The van der Waals surface area contributed by atoms with E-state index >= 15 is 0 Å². The zero-order chi connectivity index (χ0) is 18.5. The Kier molecular flexibility index (Phi) is 6.25. The Hall–Kier alpha value is -1.95. The highest BCUT2D eigenvalue weighted by molar-refractivity contribution is 7.98. The Bertz CT molecular complexity index is 758. The zero-order valence-electron chi connectivity index (χ0n) is 15.9. The number of amides is 2. The van der Waals surface area contributed by atoms with Crippen molar-refractivity contribution in [2.75, 3.05) is 30.4 Å². The van der Waals surface area contributed by atoms with Crippen molar-refractivity contribution in [3.8, 4) is 0 Å². The first-order valence-corrected chi connectivity index (χ1v) is 10.6. The van der Waals surface area contributed by atoms with Crippen molar-refractivity contribution in [2.45, 2.75) is 39.2 Å². The largest absolute Gasteiger partial charge is 0.322 e. The second-order valence-electron chi connectivity index (χ2n) is 6.94. The van der Waals surface area contributed by atoms with E-state index in [1.54, 1.807) is 0 Å². The second kappa shape index (κ2) is 8.62. The quantitative estimate of drug-likeness (QED) is 0.852. The van der Waals surface area contributed by atoms with Gasteiger partial charge in [-0.1, -0.05) is 18.2 Å². The summed E-state index contributed by atoms with van der Waals surface area (Å²) in [6.45, 7) is 5.61. The zero-order valence-corrected chi connectivity index (χ0v) is 16.7. The van der Waals surface area contributed by atoms with Crippen molar-refractivity contribution in [3.63, 3.8) is 0 Å². The molecule has 1 aliphatic heterocycles. The van der Waals surface area contributed by atoms with E-state index in [9.17, 15) is 4.79 Å². The molecule has 1 N–H and O–H groups in total. The molecule has 0 bridgehead atoms. The van der Waals surface area contributed by atoms with Gasteiger partial charge in [-0.2, -0.15) is 16.9 Å². The lowest BCUT2D eigenvalue weighted by atomic mass is 10.1. The predicted molar refractivity (Wildman–Crippen MR) is 109 cm³/mol. The van der Waals surface area contributed by atoms with E-state index in [0.29, 0.717) is 6.54 Å². The molecule has 6 heteroatoms. The first-order chi connectivity index (χ1) is 12.6. The Labute approximate surface area is 160 Å². The van der Waals surface area contributed by atoms with Crippen molar-refractivity contribution in [1.82, 2.24) is 14.7 Å². The van der Waals surface area contributed by atoms with Crippen LogP contribution in [0.5, 0.6) is 0 Å². The SMILES string of the molecule is CSCCc1ccccc1NC(=O)N1CCCC(n2nc(C)cc2C)C1. The fourth-order valence-corrected chi connectivity index (χ4v) is 4.05. The molecule has 0 spiro atoms. The number of carbonyl (C=O) groups is 1. The number of rotatable bonds is 5. The van der Waals surface area contributed by atoms with Crippen LogP contribution < -0.4 is 5.32 Å². The summed E-state index contributed by atoms with van der Waals surface area (Å²) in [6.07, 6.45) is 5.14. The van der Waals surface area contributed by atoms with E-state index in [2.05, 4.69) is 40.4 Å². The van der Waals surface area contributed by atoms with Crippen LogP contribution in [0, 0.1) is 13.8 Å². The Morgan fingerprint density at radius 2 is 2.15 bits per heavy atom. The van der Waals surface area contributed by atoms with Crippen molar-refractivity contribution < 1.29 is 4.79 Å². The first kappa shape index (κ1) is 18.8. The van der Waals surface area contributed by atoms with Gasteiger partial charge in [-0.3, -0.25) is 4.68 Å². The number of nitrogens with one attached hydrogen (secondary N) is 1. The Morgan fingerprint density at radius 3 is 2.88 bits per heavy atom. The smallest absolute Gasteiger partial charge is 0.321 e. The number of urea groups is 1. The number of hydrogen-bond acceptors (Lipinski definition) is 3. The molecule has 1 unspecified atom stereocenters. The number of likely N-dealkylation sites (tertiary alicyclic amines) is 1. The van der Waals surface area contributed by atoms with Gasteiger partial charge in [0.1, 0.15) is 0 Å². The number of hydrogen-bond donors (Lipinski definition) is 1. The van der Waals surface area contributed by atoms with Crippen LogP contribution >= 0.6 is 11.8 Å². The van der Waals surface area contributed by atoms with Gasteiger partial charge in [0, 0.05) is 24.5 Å². The monoisotopic (exact) mass is 372 g/mol. The predicted octanol–water partition coefficient (Wildman–Crippen LogP) is 4.27. The van der Waals surface area contributed by atoms with Crippen LogP contribution in [-0.2, 0) is 6.42 Å². The maximum Gasteiger partial charge on any atom is 0.321 e. The van der Waals surface area contributed by atoms with Crippen LogP contribution in [-0.4, -0.2) is 45.8 Å². The molecule has 2 heterocycles. The molecule has 1 saturated heterocycles. The van der Waals surface area contributed by atoms with Crippen LogP contribution in [0.2, 0.25) is 0 Å². The molecule has 2 aromatic rings. The highest BCUT2D eigenvalue weighted by atomic mass is 32.2. The summed E-state index contributed by atoms with van der Waals surface area (Å²) < 4.78 is 2.08. The van der Waals surface area contributed by atoms with Crippen molar-refractivity contribution >= 4 is 23.5 Å². The molecule has 0 aliphatic carbocycles. The summed E-state index contributed by atoms with van der Waals surface area (Å²) >= 11 is 1.82. The van der Waals surface area contributed by atoms with Gasteiger partial charge >= 0.3 is 6.03 Å². The lowest BCUT2D eigenvalue weighted by molar-refractivity contribution is 0.174. The molecule has 1 aliphatic rings. The average molecular weight is 373 g/mol. The minimum Gasteiger partial charge on any atom is -0.322 e. The van der Waals surface area contributed by atoms with Crippen LogP contribution in [0.4, 0.5) is 10.5 Å². The fraction of sp³-hybridized carbons (Fsp3) is 0.500. The van der Waals surface area contributed by atoms with Crippen molar-refractivity contribution in [3.05, 3.63) is 47.3 Å². The molecule has 0 saturated carbocycles. The summed E-state index contributed by atoms with van der Waals surface area (Å²) in [5.74, 6) is 1.05. The number of carbonyl (C=O) groups excluding carboxylic acids is 1. The van der Waals surface area contributed by atoms with Crippen molar-refractivity contribution in [2.24, 2.45) is 0 Å². The standard InChI is InChI=1S/C20H28N4OS/c1-15-13-16(2)24(22-15)18-8-6-11-23(14-18)20(25)21-19-9-5-4-7-17(19)10-12-26-3/h4-5,7,9,13,18H,6,8,10-12,14H2,1-3H3,(H,21,25). The van der Waals surface area contributed by atoms with E-state index < -0.39 is 0 Å². The molecule has 1 atom stereocenters. The van der Waals surface area contributed by atoms with Gasteiger partial charge in [-0.15, -0.1) is 0 Å². The minimum absolute atomic E-state index is 0.00664. The number of piperidine rings is 1. The molecule has 3 rings (SSSR count). The van der Waals surface area contributed by atoms with E-state index in [0.717, 1.165) is 48.6 Å². The molecule has 1 aromatic heterocycles. The summed E-state index contributed by atoms with van der Waals surface area (Å²) in [7, 11) is 0. The van der Waals surface area contributed by atoms with E-state index in [1.165, 1.54) is 5.56 Å². The molecule has 0 radical (unpaired) electrons. The first-order valence-electron chi connectivity index (χ1n) is 9.24. The lowest BCUT2D eigenvalue weighted by Gasteiger charge is -2.33. The van der Waals surface area contributed by atoms with Gasteiger partial charge in [-0.25, -0.2) is 4.79 Å². The molecule has 5 nitrogen and oxygen atoms in total. The average Bonchev–Trinajstić information content (AvgIpc) is 2.99. The second-order valence-corrected chi connectivity index (χ2v) is 7.93. The third-order valence-electron chi connectivity index (χ3n) is 4.91. The minimum atomic E-state index is -0.00664. The maximum atomic E-state index is 12.8. The number of nitrogens with zero attached hydrogens (tertiary/aromatic N) is 3. The third-order valence-corrected chi connectivity index (χ3v) is 5.52. The number of thioether (sulfide) groups is 1. The van der Waals surface area contributed by atoms with Crippen LogP contribution in [0.1, 0.15) is 35.8 Å². The molecule has 140 valence electrons. The third kappa shape index (κ3) is 4.41. The Morgan fingerprint density at radius 1 is 1.35 bits per heavy atom.